The molecular weight excluding hydrogens is 346 g/mol. The Morgan fingerprint density at radius 1 is 1.28 bits per heavy atom. The van der Waals surface area contributed by atoms with Gasteiger partial charge in [-0.2, -0.15) is 4.31 Å². The van der Waals surface area contributed by atoms with E-state index in [1.54, 1.807) is 13.2 Å². The molecule has 25 heavy (non-hydrogen) atoms. The number of aromatic amines is 1. The van der Waals surface area contributed by atoms with Crippen molar-refractivity contribution in [3.63, 3.8) is 0 Å². The summed E-state index contributed by atoms with van der Waals surface area (Å²) in [7, 11) is -2.00. The number of hydrogen-bond donors (Lipinski definition) is 1. The standard InChI is InChI=1S/C16H23N3O5S/c1-11-9-18(10-12(2)19(11)6-7-23-3)25(21,22)13-4-5-14-15(8-13)24-16(20)17-14/h4-5,8,11-12H,6-7,9-10H2,1-3H3,(H,17,20). The quantitative estimate of drug-likeness (QED) is 0.839. The van der Waals surface area contributed by atoms with Crippen LogP contribution >= 0.6 is 0 Å². The van der Waals surface area contributed by atoms with Crippen molar-refractivity contribution in [1.29, 1.82) is 0 Å². The Morgan fingerprint density at radius 3 is 2.60 bits per heavy atom. The Morgan fingerprint density at radius 2 is 1.96 bits per heavy atom. The molecule has 2 aromatic rings. The number of benzene rings is 1. The lowest BCUT2D eigenvalue weighted by Crippen LogP contribution is -2.58. The molecule has 1 aliphatic heterocycles. The minimum atomic E-state index is -3.65. The predicted molar refractivity (Wildman–Crippen MR) is 93.1 cm³/mol. The molecule has 3 rings (SSSR count). The lowest BCUT2D eigenvalue weighted by molar-refractivity contribution is 0.0496. The summed E-state index contributed by atoms with van der Waals surface area (Å²) in [5.41, 5.74) is 0.723. The molecule has 138 valence electrons. The van der Waals surface area contributed by atoms with Crippen molar-refractivity contribution >= 4 is 21.1 Å². The van der Waals surface area contributed by atoms with E-state index in [1.807, 2.05) is 13.8 Å². The third-order valence-electron chi connectivity index (χ3n) is 4.65. The van der Waals surface area contributed by atoms with Crippen LogP contribution in [0.4, 0.5) is 0 Å². The molecule has 8 nitrogen and oxygen atoms in total. The van der Waals surface area contributed by atoms with Gasteiger partial charge in [0.15, 0.2) is 5.58 Å². The first-order valence-electron chi connectivity index (χ1n) is 8.20. The highest BCUT2D eigenvalue weighted by molar-refractivity contribution is 7.89. The average molecular weight is 369 g/mol. The van der Waals surface area contributed by atoms with E-state index in [9.17, 15) is 13.2 Å². The molecule has 1 aromatic carbocycles. The first kappa shape index (κ1) is 18.1. The van der Waals surface area contributed by atoms with E-state index in [0.29, 0.717) is 25.2 Å². The minimum absolute atomic E-state index is 0.0857. The van der Waals surface area contributed by atoms with Gasteiger partial charge < -0.3 is 9.15 Å². The molecule has 0 radical (unpaired) electrons. The third-order valence-corrected chi connectivity index (χ3v) is 6.48. The number of piperazine rings is 1. The molecule has 1 N–H and O–H groups in total. The van der Waals surface area contributed by atoms with Gasteiger partial charge in [-0.1, -0.05) is 0 Å². The fourth-order valence-corrected chi connectivity index (χ4v) is 5.00. The largest absolute Gasteiger partial charge is 0.417 e. The number of fused-ring (bicyclic) bond motifs is 1. The number of nitrogens with zero attached hydrogens (tertiary/aromatic N) is 2. The van der Waals surface area contributed by atoms with Gasteiger partial charge in [0, 0.05) is 44.9 Å². The lowest BCUT2D eigenvalue weighted by Gasteiger charge is -2.43. The Bertz CT molecular complexity index is 892. The van der Waals surface area contributed by atoms with Gasteiger partial charge in [-0.25, -0.2) is 13.2 Å². The van der Waals surface area contributed by atoms with E-state index in [2.05, 4.69) is 9.88 Å². The molecule has 0 saturated carbocycles. The highest BCUT2D eigenvalue weighted by atomic mass is 32.2. The Kier molecular flexibility index (Phi) is 5.01. The number of sulfonamides is 1. The number of ether oxygens (including phenoxy) is 1. The summed E-state index contributed by atoms with van der Waals surface area (Å²) < 4.78 is 37.6. The van der Waals surface area contributed by atoms with Gasteiger partial charge in [0.1, 0.15) is 0 Å². The van der Waals surface area contributed by atoms with Crippen LogP contribution in [-0.2, 0) is 14.8 Å². The van der Waals surface area contributed by atoms with Crippen molar-refractivity contribution in [3.05, 3.63) is 28.7 Å². The Hall–Kier alpha value is -1.68. The highest BCUT2D eigenvalue weighted by Gasteiger charge is 2.36. The fourth-order valence-electron chi connectivity index (χ4n) is 3.38. The first-order valence-corrected chi connectivity index (χ1v) is 9.64. The summed E-state index contributed by atoms with van der Waals surface area (Å²) in [6.07, 6.45) is 0. The van der Waals surface area contributed by atoms with Crippen LogP contribution in [0.25, 0.3) is 11.1 Å². The molecule has 1 aliphatic rings. The van der Waals surface area contributed by atoms with E-state index >= 15 is 0 Å². The maximum atomic E-state index is 13.0. The SMILES string of the molecule is COCCN1C(C)CN(S(=O)(=O)c2ccc3[nH]c(=O)oc3c2)CC1C. The molecule has 1 aromatic heterocycles. The van der Waals surface area contributed by atoms with Gasteiger partial charge in [0.2, 0.25) is 10.0 Å². The van der Waals surface area contributed by atoms with Crippen LogP contribution in [0.15, 0.2) is 32.3 Å². The molecule has 0 aliphatic carbocycles. The minimum Gasteiger partial charge on any atom is -0.408 e. The van der Waals surface area contributed by atoms with Crippen molar-refractivity contribution in [2.75, 3.05) is 33.4 Å². The number of methoxy groups -OCH3 is 1. The lowest BCUT2D eigenvalue weighted by atomic mass is 10.1. The van der Waals surface area contributed by atoms with Crippen molar-refractivity contribution < 1.29 is 17.6 Å². The Balaban J connectivity index is 1.85. The molecule has 0 spiro atoms. The van der Waals surface area contributed by atoms with Gasteiger partial charge >= 0.3 is 5.76 Å². The van der Waals surface area contributed by atoms with Crippen LogP contribution in [0.3, 0.4) is 0 Å². The van der Waals surface area contributed by atoms with Crippen molar-refractivity contribution in [3.8, 4) is 0 Å². The van der Waals surface area contributed by atoms with E-state index in [-0.39, 0.29) is 22.6 Å². The first-order chi connectivity index (χ1) is 11.8. The molecule has 2 unspecified atom stereocenters. The summed E-state index contributed by atoms with van der Waals surface area (Å²) >= 11 is 0. The molecule has 9 heteroatoms. The molecular formula is C16H23N3O5S. The number of rotatable bonds is 5. The van der Waals surface area contributed by atoms with Gasteiger partial charge in [-0.05, 0) is 26.0 Å². The van der Waals surface area contributed by atoms with Gasteiger partial charge in [0.25, 0.3) is 0 Å². The smallest absolute Gasteiger partial charge is 0.408 e. The van der Waals surface area contributed by atoms with E-state index in [0.717, 1.165) is 6.54 Å². The van der Waals surface area contributed by atoms with Crippen LogP contribution in [0.2, 0.25) is 0 Å². The van der Waals surface area contributed by atoms with Gasteiger partial charge in [-0.3, -0.25) is 9.88 Å². The maximum Gasteiger partial charge on any atom is 0.417 e. The molecule has 2 atom stereocenters. The van der Waals surface area contributed by atoms with Gasteiger partial charge in [0.05, 0.1) is 17.0 Å². The van der Waals surface area contributed by atoms with Crippen LogP contribution in [-0.4, -0.2) is 68.0 Å². The molecule has 0 amide bonds. The van der Waals surface area contributed by atoms with Gasteiger partial charge in [-0.15, -0.1) is 0 Å². The summed E-state index contributed by atoms with van der Waals surface area (Å²) in [5, 5.41) is 0. The second-order valence-corrected chi connectivity index (χ2v) is 8.36. The second-order valence-electron chi connectivity index (χ2n) is 6.42. The molecule has 1 saturated heterocycles. The summed E-state index contributed by atoms with van der Waals surface area (Å²) in [4.78, 5) is 16.2. The maximum absolute atomic E-state index is 13.0. The molecule has 0 bridgehead atoms. The monoisotopic (exact) mass is 369 g/mol. The molecule has 1 fully saturated rings. The Labute approximate surface area is 146 Å². The van der Waals surface area contributed by atoms with E-state index in [4.69, 9.17) is 9.15 Å². The average Bonchev–Trinajstić information content (AvgIpc) is 2.93. The van der Waals surface area contributed by atoms with Crippen molar-refractivity contribution in [2.24, 2.45) is 0 Å². The summed E-state index contributed by atoms with van der Waals surface area (Å²) in [6.45, 7) is 6.24. The van der Waals surface area contributed by atoms with Crippen LogP contribution < -0.4 is 5.76 Å². The summed E-state index contributed by atoms with van der Waals surface area (Å²) in [6, 6.07) is 4.62. The number of oxazole rings is 1. The zero-order chi connectivity index (χ0) is 18.2. The van der Waals surface area contributed by atoms with Crippen LogP contribution in [0, 0.1) is 0 Å². The topological polar surface area (TPSA) is 95.9 Å². The highest BCUT2D eigenvalue weighted by Crippen LogP contribution is 2.25. The number of aromatic nitrogens is 1. The fraction of sp³-hybridized carbons (Fsp3) is 0.562. The molecule has 2 heterocycles. The zero-order valence-electron chi connectivity index (χ0n) is 14.6. The van der Waals surface area contributed by atoms with Crippen molar-refractivity contribution in [2.45, 2.75) is 30.8 Å². The van der Waals surface area contributed by atoms with E-state index in [1.165, 1.54) is 16.4 Å². The normalized spacial score (nSPS) is 23.3. The number of H-pyrrole nitrogens is 1. The number of nitrogens with one attached hydrogen (secondary N) is 1. The predicted octanol–water partition coefficient (Wildman–Crippen LogP) is 0.851. The van der Waals surface area contributed by atoms with Crippen LogP contribution in [0.5, 0.6) is 0 Å². The van der Waals surface area contributed by atoms with E-state index < -0.39 is 15.8 Å². The number of hydrogen-bond acceptors (Lipinski definition) is 6. The second kappa shape index (κ2) is 6.91. The third kappa shape index (κ3) is 3.50. The van der Waals surface area contributed by atoms with Crippen LogP contribution in [0.1, 0.15) is 13.8 Å². The zero-order valence-corrected chi connectivity index (χ0v) is 15.4. The summed E-state index contributed by atoms with van der Waals surface area (Å²) in [5.74, 6) is -0.599. The van der Waals surface area contributed by atoms with Crippen molar-refractivity contribution in [1.82, 2.24) is 14.2 Å².